The van der Waals surface area contributed by atoms with Crippen LogP contribution in [0.5, 0.6) is 17.2 Å². The quantitative estimate of drug-likeness (QED) is 0.313. The average molecular weight is 516 g/mol. The molecule has 7 nitrogen and oxygen atoms in total. The van der Waals surface area contributed by atoms with Crippen molar-refractivity contribution in [1.82, 2.24) is 4.98 Å². The van der Waals surface area contributed by atoms with E-state index in [1.54, 1.807) is 38.5 Å². The molecule has 3 aromatic carbocycles. The predicted molar refractivity (Wildman–Crippen MR) is 146 cm³/mol. The van der Waals surface area contributed by atoms with E-state index in [9.17, 15) is 4.79 Å². The summed E-state index contributed by atoms with van der Waals surface area (Å²) in [4.78, 5) is 15.9. The van der Waals surface area contributed by atoms with Gasteiger partial charge in [0.25, 0.3) is 0 Å². The molecule has 0 radical (unpaired) electrons. The molecule has 0 spiro atoms. The summed E-state index contributed by atoms with van der Waals surface area (Å²) < 4.78 is 22.5. The molecular formula is C31H35N2O5+. The second-order valence-electron chi connectivity index (χ2n) is 10.1. The van der Waals surface area contributed by atoms with E-state index in [0.29, 0.717) is 30.4 Å². The van der Waals surface area contributed by atoms with Crippen LogP contribution < -0.4 is 19.5 Å². The number of hydrogen-bond acceptors (Lipinski definition) is 5. The van der Waals surface area contributed by atoms with Crippen molar-refractivity contribution in [2.45, 2.75) is 32.9 Å². The van der Waals surface area contributed by atoms with Crippen molar-refractivity contribution in [3.8, 4) is 17.2 Å². The van der Waals surface area contributed by atoms with Crippen LogP contribution >= 0.6 is 0 Å². The lowest BCUT2D eigenvalue weighted by molar-refractivity contribution is -0.690. The number of aromatic amines is 1. The topological polar surface area (TPSA) is 86.4 Å². The fourth-order valence-electron chi connectivity index (χ4n) is 5.00. The summed E-state index contributed by atoms with van der Waals surface area (Å²) >= 11 is 0. The van der Waals surface area contributed by atoms with Gasteiger partial charge in [0.15, 0.2) is 6.04 Å². The Morgan fingerprint density at radius 2 is 1.79 bits per heavy atom. The molecule has 0 bridgehead atoms. The summed E-state index contributed by atoms with van der Waals surface area (Å²) in [6.07, 6.45) is 1.01. The van der Waals surface area contributed by atoms with Crippen LogP contribution in [0, 0.1) is 5.92 Å². The zero-order valence-corrected chi connectivity index (χ0v) is 22.4. The van der Waals surface area contributed by atoms with Gasteiger partial charge in [0, 0.05) is 28.5 Å². The minimum atomic E-state index is -0.321. The number of fused-ring (bicyclic) bond motifs is 3. The Kier molecular flexibility index (Phi) is 7.56. The van der Waals surface area contributed by atoms with Crippen molar-refractivity contribution in [2.24, 2.45) is 5.92 Å². The van der Waals surface area contributed by atoms with E-state index in [1.807, 2.05) is 26.0 Å². The number of esters is 1. The van der Waals surface area contributed by atoms with Gasteiger partial charge in [0.05, 0.1) is 38.6 Å². The number of nitrogens with two attached hydrogens (primary N) is 1. The van der Waals surface area contributed by atoms with E-state index in [2.05, 4.69) is 34.6 Å². The number of carbonyl (C=O) groups is 1. The molecule has 0 amide bonds. The zero-order valence-electron chi connectivity index (χ0n) is 22.4. The molecule has 3 N–H and O–H groups in total. The van der Waals surface area contributed by atoms with Gasteiger partial charge in [0.2, 0.25) is 0 Å². The molecule has 5 rings (SSSR count). The van der Waals surface area contributed by atoms with E-state index in [4.69, 9.17) is 18.9 Å². The van der Waals surface area contributed by atoms with E-state index >= 15 is 0 Å². The largest absolute Gasteiger partial charge is 0.497 e. The van der Waals surface area contributed by atoms with Gasteiger partial charge in [0.1, 0.15) is 23.9 Å². The van der Waals surface area contributed by atoms with Crippen molar-refractivity contribution < 1.29 is 29.1 Å². The third-order valence-electron chi connectivity index (χ3n) is 6.95. The number of quaternary nitrogens is 1. The van der Waals surface area contributed by atoms with Gasteiger partial charge < -0.3 is 29.2 Å². The molecule has 0 fully saturated rings. The van der Waals surface area contributed by atoms with Gasteiger partial charge in [-0.25, -0.2) is 4.79 Å². The Morgan fingerprint density at radius 1 is 1.00 bits per heavy atom. The molecule has 2 heterocycles. The van der Waals surface area contributed by atoms with Crippen LogP contribution in [0.3, 0.4) is 0 Å². The Morgan fingerprint density at radius 3 is 2.53 bits per heavy atom. The maximum Gasteiger partial charge on any atom is 0.338 e. The third-order valence-corrected chi connectivity index (χ3v) is 6.95. The second-order valence-corrected chi connectivity index (χ2v) is 10.1. The Hall–Kier alpha value is -3.97. The van der Waals surface area contributed by atoms with Gasteiger partial charge in [-0.3, -0.25) is 0 Å². The average Bonchev–Trinajstić information content (AvgIpc) is 3.33. The van der Waals surface area contributed by atoms with E-state index in [-0.39, 0.29) is 12.0 Å². The molecular weight excluding hydrogens is 480 g/mol. The standard InChI is InChI=1S/C31H34N2O5/c1-19(2)17-38-31(34)20-5-8-23(9-6-20)37-18-22-15-21(7-12-28(22)36-4)29-30-25(13-14-32-29)26-16-24(35-3)10-11-27(26)33-30/h5-12,15-16,19,29,32-33H,13-14,17-18H2,1-4H3/p+1/t29-/m0/s1. The number of benzene rings is 3. The second kappa shape index (κ2) is 11.2. The summed E-state index contributed by atoms with van der Waals surface area (Å²) in [5, 5.41) is 3.60. The Labute approximate surface area is 223 Å². The molecule has 38 heavy (non-hydrogen) atoms. The molecule has 1 aliphatic heterocycles. The van der Waals surface area contributed by atoms with Crippen molar-refractivity contribution in [2.75, 3.05) is 27.4 Å². The molecule has 1 aliphatic rings. The van der Waals surface area contributed by atoms with Crippen LogP contribution in [0.4, 0.5) is 0 Å². The number of nitrogens with one attached hydrogen (secondary N) is 1. The number of hydrogen-bond donors (Lipinski definition) is 2. The Balaban J connectivity index is 1.35. The first-order chi connectivity index (χ1) is 18.5. The number of H-pyrrole nitrogens is 1. The molecule has 0 aliphatic carbocycles. The van der Waals surface area contributed by atoms with Gasteiger partial charge >= 0.3 is 5.97 Å². The van der Waals surface area contributed by atoms with Gasteiger partial charge in [-0.05, 0) is 72.1 Å². The molecule has 0 saturated heterocycles. The molecule has 4 aromatic rings. The molecule has 1 aromatic heterocycles. The molecule has 198 valence electrons. The summed E-state index contributed by atoms with van der Waals surface area (Å²) in [5.41, 5.74) is 6.38. The number of rotatable bonds is 9. The van der Waals surface area contributed by atoms with Crippen LogP contribution in [0.1, 0.15) is 52.6 Å². The summed E-state index contributed by atoms with van der Waals surface area (Å²) in [6.45, 7) is 5.77. The molecule has 7 heteroatoms. The van der Waals surface area contributed by atoms with Crippen LogP contribution in [-0.4, -0.2) is 38.3 Å². The first-order valence-corrected chi connectivity index (χ1v) is 13.1. The smallest absolute Gasteiger partial charge is 0.338 e. The highest BCUT2D eigenvalue weighted by molar-refractivity contribution is 5.89. The van der Waals surface area contributed by atoms with E-state index in [1.165, 1.54) is 22.2 Å². The Bertz CT molecular complexity index is 1420. The van der Waals surface area contributed by atoms with Crippen molar-refractivity contribution in [3.63, 3.8) is 0 Å². The third kappa shape index (κ3) is 5.34. The summed E-state index contributed by atoms with van der Waals surface area (Å²) in [7, 11) is 3.38. The van der Waals surface area contributed by atoms with E-state index < -0.39 is 0 Å². The van der Waals surface area contributed by atoms with Crippen LogP contribution in [-0.2, 0) is 17.8 Å². The van der Waals surface area contributed by atoms with Gasteiger partial charge in [-0.15, -0.1) is 0 Å². The predicted octanol–water partition coefficient (Wildman–Crippen LogP) is 4.79. The summed E-state index contributed by atoms with van der Waals surface area (Å²) in [6, 6.07) is 19.7. The highest BCUT2D eigenvalue weighted by Crippen LogP contribution is 2.34. The lowest BCUT2D eigenvalue weighted by Crippen LogP contribution is -2.87. The van der Waals surface area contributed by atoms with Crippen LogP contribution in [0.2, 0.25) is 0 Å². The monoisotopic (exact) mass is 515 g/mol. The SMILES string of the molecule is COc1ccc2[nH]c3c(c2c1)CC[NH2+][C@H]3c1ccc(OC)c(COc2ccc(C(=O)OCC(C)C)cc2)c1. The van der Waals surface area contributed by atoms with Crippen molar-refractivity contribution >= 4 is 16.9 Å². The lowest BCUT2D eigenvalue weighted by Gasteiger charge is -2.22. The fourth-order valence-corrected chi connectivity index (χ4v) is 5.00. The fraction of sp³-hybridized carbons (Fsp3) is 0.323. The molecule has 0 unspecified atom stereocenters. The molecule has 0 saturated carbocycles. The van der Waals surface area contributed by atoms with Crippen LogP contribution in [0.25, 0.3) is 10.9 Å². The number of carbonyl (C=O) groups excluding carboxylic acids is 1. The maximum atomic E-state index is 12.2. The minimum Gasteiger partial charge on any atom is -0.497 e. The van der Waals surface area contributed by atoms with Gasteiger partial charge in [-0.2, -0.15) is 0 Å². The van der Waals surface area contributed by atoms with Gasteiger partial charge in [-0.1, -0.05) is 13.8 Å². The summed E-state index contributed by atoms with van der Waals surface area (Å²) in [5.74, 6) is 2.30. The maximum absolute atomic E-state index is 12.2. The number of aromatic nitrogens is 1. The number of methoxy groups -OCH3 is 2. The minimum absolute atomic E-state index is 0.151. The zero-order chi connectivity index (χ0) is 26.6. The molecule has 1 atom stereocenters. The van der Waals surface area contributed by atoms with Crippen molar-refractivity contribution in [3.05, 3.63) is 88.6 Å². The van der Waals surface area contributed by atoms with E-state index in [0.717, 1.165) is 35.5 Å². The normalized spacial score (nSPS) is 14.8. The lowest BCUT2D eigenvalue weighted by atomic mass is 9.93. The number of ether oxygens (including phenoxy) is 4. The highest BCUT2D eigenvalue weighted by atomic mass is 16.5. The van der Waals surface area contributed by atoms with Crippen LogP contribution in [0.15, 0.2) is 60.7 Å². The first kappa shape index (κ1) is 25.7. The highest BCUT2D eigenvalue weighted by Gasteiger charge is 2.29. The van der Waals surface area contributed by atoms with Crippen molar-refractivity contribution in [1.29, 1.82) is 0 Å². The first-order valence-electron chi connectivity index (χ1n) is 13.1.